The Morgan fingerprint density at radius 1 is 1.15 bits per heavy atom. The molecule has 1 aliphatic rings. The summed E-state index contributed by atoms with van der Waals surface area (Å²) in [6.45, 7) is 3.71. The van der Waals surface area contributed by atoms with Crippen LogP contribution in [-0.4, -0.2) is 64.3 Å². The monoisotopic (exact) mass is 391 g/mol. The molecule has 3 rings (SSSR count). The minimum atomic E-state index is -0.192. The zero-order valence-corrected chi connectivity index (χ0v) is 16.1. The summed E-state index contributed by atoms with van der Waals surface area (Å²) in [5.41, 5.74) is 0.837. The van der Waals surface area contributed by atoms with Crippen LogP contribution in [0.15, 0.2) is 30.3 Å². The Labute approximate surface area is 162 Å². The molecule has 0 spiro atoms. The van der Waals surface area contributed by atoms with Gasteiger partial charge in [-0.15, -0.1) is 0 Å². The van der Waals surface area contributed by atoms with E-state index in [0.717, 1.165) is 5.69 Å². The molecule has 0 atom stereocenters. The number of halogens is 1. The van der Waals surface area contributed by atoms with Crippen LogP contribution in [0.4, 0.5) is 10.6 Å². The Bertz CT molecular complexity index is 813. The maximum absolute atomic E-state index is 12.4. The quantitative estimate of drug-likeness (QED) is 0.865. The van der Waals surface area contributed by atoms with Crippen molar-refractivity contribution in [2.45, 2.75) is 6.92 Å². The van der Waals surface area contributed by atoms with Gasteiger partial charge in [0.15, 0.2) is 6.61 Å². The number of hydrogen-bond donors (Lipinski definition) is 1. The zero-order chi connectivity index (χ0) is 19.4. The molecule has 8 nitrogen and oxygen atoms in total. The number of nitrogens with zero attached hydrogens (tertiary/aromatic N) is 4. The first kappa shape index (κ1) is 19.0. The maximum atomic E-state index is 12.4. The molecule has 0 saturated carbocycles. The van der Waals surface area contributed by atoms with Gasteiger partial charge in [-0.1, -0.05) is 11.6 Å². The van der Waals surface area contributed by atoms with Crippen LogP contribution in [0.1, 0.15) is 5.69 Å². The van der Waals surface area contributed by atoms with Gasteiger partial charge in [-0.25, -0.2) is 4.79 Å². The van der Waals surface area contributed by atoms with E-state index in [1.54, 1.807) is 45.8 Å². The van der Waals surface area contributed by atoms with Gasteiger partial charge >= 0.3 is 6.03 Å². The Hall–Kier alpha value is -2.74. The van der Waals surface area contributed by atoms with Crippen molar-refractivity contribution in [3.63, 3.8) is 0 Å². The fourth-order valence-electron chi connectivity index (χ4n) is 2.84. The lowest BCUT2D eigenvalue weighted by Gasteiger charge is -2.34. The molecule has 9 heteroatoms. The molecule has 2 aromatic rings. The van der Waals surface area contributed by atoms with Crippen molar-refractivity contribution in [2.24, 2.45) is 7.05 Å². The average molecular weight is 392 g/mol. The average Bonchev–Trinajstić information content (AvgIpc) is 2.98. The molecular weight excluding hydrogens is 370 g/mol. The highest BCUT2D eigenvalue weighted by Gasteiger charge is 2.24. The third-order valence-electron chi connectivity index (χ3n) is 4.33. The summed E-state index contributed by atoms with van der Waals surface area (Å²) in [7, 11) is 1.78. The maximum Gasteiger partial charge on any atom is 0.323 e. The van der Waals surface area contributed by atoms with Crippen molar-refractivity contribution < 1.29 is 14.3 Å². The second kappa shape index (κ2) is 8.30. The largest absolute Gasteiger partial charge is 0.484 e. The standard InChI is InChI=1S/C18H22ClN5O3/c1-13-11-16(22(2)21-13)20-18(26)24-9-7-23(8-10-24)17(25)12-27-15-5-3-14(19)4-6-15/h3-6,11H,7-10,12H2,1-2H3,(H,20,26). The molecule has 1 saturated heterocycles. The number of nitrogens with one attached hydrogen (secondary N) is 1. The number of carbonyl (C=O) groups is 2. The molecule has 1 aliphatic heterocycles. The number of piperazine rings is 1. The number of hydrogen-bond acceptors (Lipinski definition) is 4. The number of aryl methyl sites for hydroxylation is 2. The van der Waals surface area contributed by atoms with E-state index in [-0.39, 0.29) is 18.5 Å². The van der Waals surface area contributed by atoms with Crippen molar-refractivity contribution in [3.05, 3.63) is 41.0 Å². The van der Waals surface area contributed by atoms with Gasteiger partial charge < -0.3 is 14.5 Å². The Morgan fingerprint density at radius 3 is 2.37 bits per heavy atom. The highest BCUT2D eigenvalue weighted by Crippen LogP contribution is 2.16. The fraction of sp³-hybridized carbons (Fsp3) is 0.389. The fourth-order valence-corrected chi connectivity index (χ4v) is 2.97. The zero-order valence-electron chi connectivity index (χ0n) is 15.3. The SMILES string of the molecule is Cc1cc(NC(=O)N2CCN(C(=O)COc3ccc(Cl)cc3)CC2)n(C)n1. The predicted octanol–water partition coefficient (Wildman–Crippen LogP) is 2.14. The molecule has 0 radical (unpaired) electrons. The summed E-state index contributed by atoms with van der Waals surface area (Å²) >= 11 is 5.82. The second-order valence-corrected chi connectivity index (χ2v) is 6.77. The van der Waals surface area contributed by atoms with Crippen LogP contribution in [0, 0.1) is 6.92 Å². The summed E-state index contributed by atoms with van der Waals surface area (Å²) in [6, 6.07) is 8.48. The summed E-state index contributed by atoms with van der Waals surface area (Å²) in [4.78, 5) is 28.1. The molecule has 1 N–H and O–H groups in total. The lowest BCUT2D eigenvalue weighted by molar-refractivity contribution is -0.134. The summed E-state index contributed by atoms with van der Waals surface area (Å²) in [5.74, 6) is 1.14. The molecule has 144 valence electrons. The summed E-state index contributed by atoms with van der Waals surface area (Å²) in [5, 5.41) is 7.66. The van der Waals surface area contributed by atoms with Crippen molar-refractivity contribution in [1.82, 2.24) is 19.6 Å². The molecule has 1 aromatic heterocycles. The Kier molecular flexibility index (Phi) is 5.85. The highest BCUT2D eigenvalue weighted by atomic mass is 35.5. The van der Waals surface area contributed by atoms with Gasteiger partial charge in [-0.05, 0) is 31.2 Å². The number of rotatable bonds is 4. The number of carbonyl (C=O) groups excluding carboxylic acids is 2. The van der Waals surface area contributed by atoms with E-state index in [1.165, 1.54) is 0 Å². The third-order valence-corrected chi connectivity index (χ3v) is 4.58. The van der Waals surface area contributed by atoms with E-state index in [1.807, 2.05) is 13.0 Å². The topological polar surface area (TPSA) is 79.7 Å². The molecule has 0 unspecified atom stereocenters. The van der Waals surface area contributed by atoms with Gasteiger partial charge in [0.25, 0.3) is 5.91 Å². The van der Waals surface area contributed by atoms with Crippen LogP contribution in [0.25, 0.3) is 0 Å². The Balaban J connectivity index is 1.45. The van der Waals surface area contributed by atoms with Crippen molar-refractivity contribution >= 4 is 29.4 Å². The van der Waals surface area contributed by atoms with Crippen LogP contribution < -0.4 is 10.1 Å². The van der Waals surface area contributed by atoms with E-state index in [4.69, 9.17) is 16.3 Å². The molecule has 3 amide bonds. The van der Waals surface area contributed by atoms with Crippen molar-refractivity contribution in [1.29, 1.82) is 0 Å². The molecule has 0 aliphatic carbocycles. The van der Waals surface area contributed by atoms with E-state index in [9.17, 15) is 9.59 Å². The molecule has 2 heterocycles. The Morgan fingerprint density at radius 2 is 1.78 bits per heavy atom. The number of aromatic nitrogens is 2. The number of ether oxygens (including phenoxy) is 1. The number of urea groups is 1. The first-order valence-electron chi connectivity index (χ1n) is 8.65. The third kappa shape index (κ3) is 4.91. The van der Waals surface area contributed by atoms with Crippen LogP contribution >= 0.6 is 11.6 Å². The van der Waals surface area contributed by atoms with Gasteiger partial charge in [0.1, 0.15) is 11.6 Å². The van der Waals surface area contributed by atoms with E-state index < -0.39 is 0 Å². The number of anilines is 1. The smallest absolute Gasteiger partial charge is 0.323 e. The second-order valence-electron chi connectivity index (χ2n) is 6.34. The molecule has 1 aromatic carbocycles. The van der Waals surface area contributed by atoms with Crippen LogP contribution in [0.5, 0.6) is 5.75 Å². The molecule has 27 heavy (non-hydrogen) atoms. The molecular formula is C18H22ClN5O3. The van der Waals surface area contributed by atoms with Crippen LogP contribution in [0.3, 0.4) is 0 Å². The lowest BCUT2D eigenvalue weighted by Crippen LogP contribution is -2.52. The van der Waals surface area contributed by atoms with Crippen molar-refractivity contribution in [2.75, 3.05) is 38.1 Å². The molecule has 1 fully saturated rings. The molecule has 0 bridgehead atoms. The normalized spacial score (nSPS) is 14.2. The van der Waals surface area contributed by atoms with Gasteiger partial charge in [0.2, 0.25) is 0 Å². The predicted molar refractivity (Wildman–Crippen MR) is 102 cm³/mol. The van der Waals surface area contributed by atoms with Gasteiger partial charge in [-0.2, -0.15) is 5.10 Å². The van der Waals surface area contributed by atoms with E-state index in [2.05, 4.69) is 10.4 Å². The highest BCUT2D eigenvalue weighted by molar-refractivity contribution is 6.30. The summed E-state index contributed by atoms with van der Waals surface area (Å²) < 4.78 is 7.12. The first-order valence-corrected chi connectivity index (χ1v) is 9.03. The lowest BCUT2D eigenvalue weighted by atomic mass is 10.3. The van der Waals surface area contributed by atoms with E-state index in [0.29, 0.717) is 42.8 Å². The number of amides is 3. The minimum absolute atomic E-state index is 0.0396. The minimum Gasteiger partial charge on any atom is -0.484 e. The van der Waals surface area contributed by atoms with Crippen molar-refractivity contribution in [3.8, 4) is 5.75 Å². The van der Waals surface area contributed by atoms with Crippen LogP contribution in [0.2, 0.25) is 5.02 Å². The number of benzene rings is 1. The first-order chi connectivity index (χ1) is 12.9. The van der Waals surface area contributed by atoms with Crippen LogP contribution in [-0.2, 0) is 11.8 Å². The van der Waals surface area contributed by atoms with Gasteiger partial charge in [0.05, 0.1) is 5.69 Å². The van der Waals surface area contributed by atoms with E-state index >= 15 is 0 Å². The summed E-state index contributed by atoms with van der Waals surface area (Å²) in [6.07, 6.45) is 0. The van der Waals surface area contributed by atoms with Gasteiger partial charge in [-0.3, -0.25) is 14.8 Å². The van der Waals surface area contributed by atoms with Gasteiger partial charge in [0, 0.05) is 44.3 Å².